The van der Waals surface area contributed by atoms with E-state index in [-0.39, 0.29) is 12.4 Å². The van der Waals surface area contributed by atoms with Gasteiger partial charge in [0.25, 0.3) is 0 Å². The van der Waals surface area contributed by atoms with Gasteiger partial charge in [-0.05, 0) is 49.2 Å². The van der Waals surface area contributed by atoms with E-state index in [1.807, 2.05) is 32.0 Å². The van der Waals surface area contributed by atoms with E-state index >= 15 is 0 Å². The summed E-state index contributed by atoms with van der Waals surface area (Å²) in [5.41, 5.74) is 9.16. The smallest absolute Gasteiger partial charge is 0.123 e. The lowest BCUT2D eigenvalue weighted by molar-refractivity contribution is 0.304. The summed E-state index contributed by atoms with van der Waals surface area (Å²) in [5, 5.41) is 0. The number of hydrogen-bond acceptors (Lipinski definition) is 2. The Balaban J connectivity index is 2.16. The average molecular weight is 245 g/mol. The lowest BCUT2D eigenvalue weighted by Crippen LogP contribution is -2.02. The number of nitrogens with two attached hydrogens (primary N) is 1. The molecule has 0 aliphatic heterocycles. The topological polar surface area (TPSA) is 35.2 Å². The minimum atomic E-state index is -0.302. The quantitative estimate of drug-likeness (QED) is 0.838. The minimum Gasteiger partial charge on any atom is -0.489 e. The molecule has 2 aromatic rings. The third-order valence-electron chi connectivity index (χ3n) is 2.83. The molecule has 0 saturated heterocycles. The molecule has 0 bridgehead atoms. The molecule has 0 aliphatic rings. The Morgan fingerprint density at radius 1 is 1.11 bits per heavy atom. The van der Waals surface area contributed by atoms with E-state index in [0.29, 0.717) is 11.3 Å². The van der Waals surface area contributed by atoms with Gasteiger partial charge >= 0.3 is 0 Å². The number of aryl methyl sites for hydroxylation is 2. The van der Waals surface area contributed by atoms with Crippen LogP contribution in [-0.2, 0) is 6.61 Å². The molecule has 2 aromatic carbocycles. The predicted octanol–water partition coefficient (Wildman–Crippen LogP) is 3.60. The van der Waals surface area contributed by atoms with Crippen molar-refractivity contribution in [3.63, 3.8) is 0 Å². The van der Waals surface area contributed by atoms with E-state index in [9.17, 15) is 4.39 Å². The van der Waals surface area contributed by atoms with Gasteiger partial charge in [-0.15, -0.1) is 0 Å². The summed E-state index contributed by atoms with van der Waals surface area (Å²) < 4.78 is 18.8. The minimum absolute atomic E-state index is 0.272. The van der Waals surface area contributed by atoms with E-state index in [1.165, 1.54) is 12.1 Å². The van der Waals surface area contributed by atoms with Crippen LogP contribution in [0.3, 0.4) is 0 Å². The summed E-state index contributed by atoms with van der Waals surface area (Å²) in [7, 11) is 0. The zero-order valence-electron chi connectivity index (χ0n) is 10.5. The molecule has 2 rings (SSSR count). The molecule has 0 radical (unpaired) electrons. The molecular weight excluding hydrogens is 229 g/mol. The van der Waals surface area contributed by atoms with Gasteiger partial charge in [-0.25, -0.2) is 4.39 Å². The molecule has 18 heavy (non-hydrogen) atoms. The van der Waals surface area contributed by atoms with Gasteiger partial charge in [0, 0.05) is 11.3 Å². The van der Waals surface area contributed by atoms with Gasteiger partial charge in [0.05, 0.1) is 0 Å². The van der Waals surface area contributed by atoms with Crippen molar-refractivity contribution in [3.8, 4) is 5.75 Å². The summed E-state index contributed by atoms with van der Waals surface area (Å²) in [4.78, 5) is 0. The summed E-state index contributed by atoms with van der Waals surface area (Å²) in [6.07, 6.45) is 0. The van der Waals surface area contributed by atoms with E-state index in [1.54, 1.807) is 6.07 Å². The van der Waals surface area contributed by atoms with Crippen LogP contribution in [-0.4, -0.2) is 0 Å². The van der Waals surface area contributed by atoms with Crippen LogP contribution < -0.4 is 10.5 Å². The first-order valence-corrected chi connectivity index (χ1v) is 5.80. The van der Waals surface area contributed by atoms with Crippen LogP contribution in [0.2, 0.25) is 0 Å². The van der Waals surface area contributed by atoms with Crippen molar-refractivity contribution in [1.82, 2.24) is 0 Å². The maximum atomic E-state index is 13.1. The van der Waals surface area contributed by atoms with Crippen molar-refractivity contribution >= 4 is 5.69 Å². The second-order valence-electron chi connectivity index (χ2n) is 4.40. The van der Waals surface area contributed by atoms with Crippen LogP contribution in [0.4, 0.5) is 10.1 Å². The third kappa shape index (κ3) is 2.80. The molecule has 0 heterocycles. The Morgan fingerprint density at radius 3 is 2.67 bits per heavy atom. The van der Waals surface area contributed by atoms with Crippen LogP contribution in [0.5, 0.6) is 5.75 Å². The fourth-order valence-electron chi connectivity index (χ4n) is 1.72. The molecule has 0 saturated carbocycles. The zero-order valence-corrected chi connectivity index (χ0v) is 10.5. The van der Waals surface area contributed by atoms with Crippen molar-refractivity contribution in [2.24, 2.45) is 0 Å². The van der Waals surface area contributed by atoms with E-state index in [2.05, 4.69) is 0 Å². The molecule has 0 atom stereocenters. The highest BCUT2D eigenvalue weighted by molar-refractivity contribution is 5.46. The van der Waals surface area contributed by atoms with Gasteiger partial charge < -0.3 is 10.5 Å². The van der Waals surface area contributed by atoms with Gasteiger partial charge in [-0.1, -0.05) is 12.1 Å². The number of benzene rings is 2. The summed E-state index contributed by atoms with van der Waals surface area (Å²) >= 11 is 0. The number of rotatable bonds is 3. The maximum Gasteiger partial charge on any atom is 0.123 e. The Hall–Kier alpha value is -2.03. The largest absolute Gasteiger partial charge is 0.489 e. The van der Waals surface area contributed by atoms with Gasteiger partial charge in [0.15, 0.2) is 0 Å². The normalized spacial score (nSPS) is 10.4. The number of hydrogen-bond donors (Lipinski definition) is 1. The molecule has 2 N–H and O–H groups in total. The molecule has 0 amide bonds. The highest BCUT2D eigenvalue weighted by Crippen LogP contribution is 2.22. The molecule has 0 unspecified atom stereocenters. The second kappa shape index (κ2) is 5.08. The molecule has 94 valence electrons. The summed E-state index contributed by atoms with van der Waals surface area (Å²) in [6.45, 7) is 4.25. The fraction of sp³-hybridized carbons (Fsp3) is 0.200. The zero-order chi connectivity index (χ0) is 13.1. The van der Waals surface area contributed by atoms with Crippen LogP contribution in [0.1, 0.15) is 16.7 Å². The standard InChI is InChI=1S/C15H16FNO/c1-10-3-4-11(2)15(7-10)18-9-12-8-13(16)5-6-14(12)17/h3-8H,9,17H2,1-2H3. The number of ether oxygens (including phenoxy) is 1. The first-order valence-electron chi connectivity index (χ1n) is 5.80. The van der Waals surface area contributed by atoms with Crippen molar-refractivity contribution in [1.29, 1.82) is 0 Å². The van der Waals surface area contributed by atoms with Crippen LogP contribution in [0, 0.1) is 19.7 Å². The maximum absolute atomic E-state index is 13.1. The molecule has 0 fully saturated rings. The monoisotopic (exact) mass is 245 g/mol. The highest BCUT2D eigenvalue weighted by atomic mass is 19.1. The molecule has 0 aromatic heterocycles. The van der Waals surface area contributed by atoms with Crippen molar-refractivity contribution in [3.05, 3.63) is 58.9 Å². The second-order valence-corrected chi connectivity index (χ2v) is 4.40. The van der Waals surface area contributed by atoms with Gasteiger partial charge in [-0.2, -0.15) is 0 Å². The summed E-state index contributed by atoms with van der Waals surface area (Å²) in [5.74, 6) is 0.502. The van der Waals surface area contributed by atoms with Crippen LogP contribution >= 0.6 is 0 Å². The molecular formula is C15H16FNO. The van der Waals surface area contributed by atoms with Gasteiger partial charge in [0.1, 0.15) is 18.2 Å². The van der Waals surface area contributed by atoms with E-state index < -0.39 is 0 Å². The van der Waals surface area contributed by atoms with Crippen LogP contribution in [0.25, 0.3) is 0 Å². The highest BCUT2D eigenvalue weighted by Gasteiger charge is 2.04. The van der Waals surface area contributed by atoms with E-state index in [0.717, 1.165) is 16.9 Å². The van der Waals surface area contributed by atoms with Gasteiger partial charge in [-0.3, -0.25) is 0 Å². The molecule has 0 spiro atoms. The Bertz CT molecular complexity index is 515. The van der Waals surface area contributed by atoms with Crippen molar-refractivity contribution in [2.45, 2.75) is 20.5 Å². The molecule has 3 heteroatoms. The average Bonchev–Trinajstić information content (AvgIpc) is 2.34. The first-order chi connectivity index (χ1) is 8.56. The fourth-order valence-corrected chi connectivity index (χ4v) is 1.72. The predicted molar refractivity (Wildman–Crippen MR) is 71.1 cm³/mol. The molecule has 0 aliphatic carbocycles. The van der Waals surface area contributed by atoms with Gasteiger partial charge in [0.2, 0.25) is 0 Å². The number of nitrogen functional groups attached to an aromatic ring is 1. The summed E-state index contributed by atoms with van der Waals surface area (Å²) in [6, 6.07) is 10.3. The SMILES string of the molecule is Cc1ccc(C)c(OCc2cc(F)ccc2N)c1. The van der Waals surface area contributed by atoms with E-state index in [4.69, 9.17) is 10.5 Å². The van der Waals surface area contributed by atoms with Crippen LogP contribution in [0.15, 0.2) is 36.4 Å². The van der Waals surface area contributed by atoms with Crippen molar-refractivity contribution < 1.29 is 9.13 Å². The lowest BCUT2D eigenvalue weighted by Gasteiger charge is -2.11. The molecule has 2 nitrogen and oxygen atoms in total. The number of anilines is 1. The Labute approximate surface area is 106 Å². The van der Waals surface area contributed by atoms with Crippen molar-refractivity contribution in [2.75, 3.05) is 5.73 Å². The Morgan fingerprint density at radius 2 is 1.89 bits per heavy atom. The lowest BCUT2D eigenvalue weighted by atomic mass is 10.1. The first kappa shape index (κ1) is 12.4. The number of halogens is 1. The Kier molecular flexibility index (Phi) is 3.51. The third-order valence-corrected chi connectivity index (χ3v) is 2.83.